The van der Waals surface area contributed by atoms with Gasteiger partial charge in [-0.1, -0.05) is 42.5 Å². The number of benzene rings is 2. The number of nitrogens with zero attached hydrogens (tertiary/aromatic N) is 6. The molecule has 0 aliphatic carbocycles. The van der Waals surface area contributed by atoms with E-state index in [4.69, 9.17) is 5.26 Å². The lowest BCUT2D eigenvalue weighted by atomic mass is 10.2. The number of rotatable bonds is 6. The molecule has 0 aliphatic heterocycles. The Hall–Kier alpha value is -3.46. The van der Waals surface area contributed by atoms with Gasteiger partial charge in [-0.15, -0.1) is 10.2 Å². The van der Waals surface area contributed by atoms with Gasteiger partial charge in [0.15, 0.2) is 5.82 Å². The largest absolute Gasteiger partial charge is 0.374 e. The molecule has 25 heavy (non-hydrogen) atoms. The van der Waals surface area contributed by atoms with Gasteiger partial charge in [-0.3, -0.25) is 0 Å². The van der Waals surface area contributed by atoms with Crippen molar-refractivity contribution < 1.29 is 0 Å². The molecule has 0 radical (unpaired) electrons. The average Bonchev–Trinajstić information content (AvgIpc) is 3.14. The molecule has 0 saturated carbocycles. The van der Waals surface area contributed by atoms with Crippen molar-refractivity contribution in [3.05, 3.63) is 66.5 Å². The maximum Gasteiger partial charge on any atom is 0.184 e. The van der Waals surface area contributed by atoms with Crippen LogP contribution in [0.4, 0.5) is 5.69 Å². The summed E-state index contributed by atoms with van der Waals surface area (Å²) >= 11 is 0. The standard InChI is InChI=1S/C19H18N6/c1-24(13-5-12-20)18-10-8-16(9-11-18)14-22-25-15-21-23-19(25)17-6-3-2-4-7-17/h2-4,6-11,14-15H,5,13H2,1H3/b22-14-. The fraction of sp³-hybridized carbons (Fsp3) is 0.158. The quantitative estimate of drug-likeness (QED) is 0.651. The highest BCUT2D eigenvalue weighted by Gasteiger charge is 2.05. The van der Waals surface area contributed by atoms with Gasteiger partial charge >= 0.3 is 0 Å². The highest BCUT2D eigenvalue weighted by Crippen LogP contribution is 2.16. The molecule has 1 aromatic heterocycles. The SMILES string of the molecule is CN(CCC#N)c1ccc(/C=N\n2cnnc2-c2ccccc2)cc1. The van der Waals surface area contributed by atoms with E-state index < -0.39 is 0 Å². The molecule has 0 unspecified atom stereocenters. The van der Waals surface area contributed by atoms with E-state index in [1.54, 1.807) is 17.2 Å². The molecule has 0 N–H and O–H groups in total. The third-order valence-electron chi connectivity index (χ3n) is 3.79. The Morgan fingerprint density at radius 2 is 1.92 bits per heavy atom. The first-order valence-electron chi connectivity index (χ1n) is 7.96. The van der Waals surface area contributed by atoms with Gasteiger partial charge in [-0.2, -0.15) is 15.0 Å². The van der Waals surface area contributed by atoms with E-state index >= 15 is 0 Å². The summed E-state index contributed by atoms with van der Waals surface area (Å²) in [5, 5.41) is 21.2. The molecule has 0 amide bonds. The van der Waals surface area contributed by atoms with E-state index in [9.17, 15) is 0 Å². The molecule has 3 aromatic rings. The van der Waals surface area contributed by atoms with Crippen LogP contribution < -0.4 is 4.90 Å². The van der Waals surface area contributed by atoms with Crippen LogP contribution in [0.3, 0.4) is 0 Å². The molecule has 6 heteroatoms. The lowest BCUT2D eigenvalue weighted by Crippen LogP contribution is -2.17. The van der Waals surface area contributed by atoms with E-state index in [0.29, 0.717) is 18.8 Å². The molecule has 0 fully saturated rings. The van der Waals surface area contributed by atoms with Crippen LogP contribution in [0.25, 0.3) is 11.4 Å². The number of hydrogen-bond donors (Lipinski definition) is 0. The van der Waals surface area contributed by atoms with Gasteiger partial charge in [0.1, 0.15) is 6.33 Å². The van der Waals surface area contributed by atoms with Gasteiger partial charge in [0, 0.05) is 24.8 Å². The van der Waals surface area contributed by atoms with E-state index in [1.165, 1.54) is 0 Å². The summed E-state index contributed by atoms with van der Waals surface area (Å²) in [7, 11) is 1.98. The van der Waals surface area contributed by atoms with Crippen LogP contribution in [0.5, 0.6) is 0 Å². The molecular weight excluding hydrogens is 312 g/mol. The Morgan fingerprint density at radius 3 is 2.64 bits per heavy atom. The smallest absolute Gasteiger partial charge is 0.184 e. The zero-order valence-corrected chi connectivity index (χ0v) is 13.9. The van der Waals surface area contributed by atoms with Crippen LogP contribution in [0.2, 0.25) is 0 Å². The van der Waals surface area contributed by atoms with Gasteiger partial charge in [-0.25, -0.2) is 0 Å². The average molecular weight is 330 g/mol. The number of aromatic nitrogens is 3. The van der Waals surface area contributed by atoms with Crippen LogP contribution in [-0.2, 0) is 0 Å². The second kappa shape index (κ2) is 7.88. The minimum Gasteiger partial charge on any atom is -0.374 e. The van der Waals surface area contributed by atoms with Crippen molar-refractivity contribution in [3.63, 3.8) is 0 Å². The van der Waals surface area contributed by atoms with Crippen molar-refractivity contribution in [2.75, 3.05) is 18.5 Å². The first-order valence-corrected chi connectivity index (χ1v) is 7.96. The molecule has 0 spiro atoms. The monoisotopic (exact) mass is 330 g/mol. The van der Waals surface area contributed by atoms with E-state index in [0.717, 1.165) is 16.8 Å². The summed E-state index contributed by atoms with van der Waals surface area (Å²) in [4.78, 5) is 2.05. The first-order chi connectivity index (χ1) is 12.3. The highest BCUT2D eigenvalue weighted by molar-refractivity contribution is 5.80. The lowest BCUT2D eigenvalue weighted by molar-refractivity contribution is 0.888. The third-order valence-corrected chi connectivity index (χ3v) is 3.79. The molecule has 0 aliphatic rings. The van der Waals surface area contributed by atoms with Crippen molar-refractivity contribution in [1.29, 1.82) is 5.26 Å². The lowest BCUT2D eigenvalue weighted by Gasteiger charge is -2.17. The Morgan fingerprint density at radius 1 is 1.16 bits per heavy atom. The summed E-state index contributed by atoms with van der Waals surface area (Å²) in [5.41, 5.74) is 3.01. The van der Waals surface area contributed by atoms with Crippen molar-refractivity contribution in [2.45, 2.75) is 6.42 Å². The van der Waals surface area contributed by atoms with E-state index in [2.05, 4.69) is 26.3 Å². The maximum absolute atomic E-state index is 8.66. The van der Waals surface area contributed by atoms with Crippen molar-refractivity contribution in [2.24, 2.45) is 5.10 Å². The molecule has 6 nitrogen and oxygen atoms in total. The second-order valence-corrected chi connectivity index (χ2v) is 5.53. The molecule has 124 valence electrons. The predicted octanol–water partition coefficient (Wildman–Crippen LogP) is 3.18. The predicted molar refractivity (Wildman–Crippen MR) is 98.4 cm³/mol. The zero-order valence-electron chi connectivity index (χ0n) is 13.9. The topological polar surface area (TPSA) is 70.1 Å². The molecule has 3 rings (SSSR count). The summed E-state index contributed by atoms with van der Waals surface area (Å²) in [6, 6.07) is 20.0. The van der Waals surface area contributed by atoms with Crippen LogP contribution >= 0.6 is 0 Å². The van der Waals surface area contributed by atoms with Gasteiger partial charge in [0.05, 0.1) is 18.7 Å². The maximum atomic E-state index is 8.66. The number of nitriles is 1. The molecule has 2 aromatic carbocycles. The van der Waals surface area contributed by atoms with Crippen LogP contribution in [0.15, 0.2) is 66.0 Å². The molecule has 0 bridgehead atoms. The van der Waals surface area contributed by atoms with E-state index in [-0.39, 0.29) is 0 Å². The minimum absolute atomic E-state index is 0.510. The summed E-state index contributed by atoms with van der Waals surface area (Å²) < 4.78 is 1.66. The number of anilines is 1. The molecular formula is C19H18N6. The minimum atomic E-state index is 0.510. The fourth-order valence-corrected chi connectivity index (χ4v) is 2.38. The zero-order chi connectivity index (χ0) is 17.5. The summed E-state index contributed by atoms with van der Waals surface area (Å²) in [5.74, 6) is 0.699. The van der Waals surface area contributed by atoms with Crippen molar-refractivity contribution in [1.82, 2.24) is 14.9 Å². The Kier molecular flexibility index (Phi) is 5.17. The van der Waals surface area contributed by atoms with Crippen LogP contribution in [0.1, 0.15) is 12.0 Å². The Labute approximate surface area is 146 Å². The first kappa shape index (κ1) is 16.4. The van der Waals surface area contributed by atoms with Crippen LogP contribution in [0, 0.1) is 11.3 Å². The summed E-state index contributed by atoms with van der Waals surface area (Å²) in [6.07, 6.45) is 3.87. The second-order valence-electron chi connectivity index (χ2n) is 5.53. The van der Waals surface area contributed by atoms with Crippen LogP contribution in [-0.4, -0.2) is 34.7 Å². The number of hydrogen-bond acceptors (Lipinski definition) is 5. The molecule has 1 heterocycles. The van der Waals surface area contributed by atoms with Gasteiger partial charge in [0.2, 0.25) is 0 Å². The van der Waals surface area contributed by atoms with Gasteiger partial charge < -0.3 is 4.90 Å². The highest BCUT2D eigenvalue weighted by atomic mass is 15.4. The van der Waals surface area contributed by atoms with Crippen molar-refractivity contribution >= 4 is 11.9 Å². The molecule has 0 saturated heterocycles. The Bertz CT molecular complexity index is 874. The normalized spacial score (nSPS) is 10.7. The van der Waals surface area contributed by atoms with Crippen molar-refractivity contribution in [3.8, 4) is 17.5 Å². The Balaban J connectivity index is 1.73. The summed E-state index contributed by atoms with van der Waals surface area (Å²) in [6.45, 7) is 0.713. The van der Waals surface area contributed by atoms with E-state index in [1.807, 2.05) is 61.6 Å². The third kappa shape index (κ3) is 4.09. The van der Waals surface area contributed by atoms with Gasteiger partial charge in [-0.05, 0) is 17.7 Å². The fourth-order valence-electron chi connectivity index (χ4n) is 2.38. The molecule has 0 atom stereocenters. The van der Waals surface area contributed by atoms with Gasteiger partial charge in [0.25, 0.3) is 0 Å².